The Morgan fingerprint density at radius 2 is 1.73 bits per heavy atom. The van der Waals surface area contributed by atoms with Crippen LogP contribution < -0.4 is 4.90 Å². The number of nitrogens with zero attached hydrogens (tertiary/aromatic N) is 1. The van der Waals surface area contributed by atoms with Crippen LogP contribution in [0.5, 0.6) is 0 Å². The van der Waals surface area contributed by atoms with Crippen LogP contribution in [-0.2, 0) is 9.84 Å². The van der Waals surface area contributed by atoms with E-state index in [0.717, 1.165) is 16.7 Å². The fourth-order valence-corrected chi connectivity index (χ4v) is 4.37. The molecule has 1 aliphatic heterocycles. The van der Waals surface area contributed by atoms with E-state index < -0.39 is 15.9 Å². The lowest BCUT2D eigenvalue weighted by molar-refractivity contribution is 0.0983. The lowest BCUT2D eigenvalue weighted by atomic mass is 10.0. The summed E-state index contributed by atoms with van der Waals surface area (Å²) in [5, 5.41) is 1.71. The van der Waals surface area contributed by atoms with Crippen molar-refractivity contribution in [3.63, 3.8) is 0 Å². The van der Waals surface area contributed by atoms with Gasteiger partial charge in [-0.1, -0.05) is 23.7 Å². The van der Waals surface area contributed by atoms with Gasteiger partial charge in [-0.15, -0.1) is 0 Å². The molecule has 0 aromatic heterocycles. The van der Waals surface area contributed by atoms with Crippen LogP contribution in [0.2, 0.25) is 5.02 Å². The number of sulfone groups is 1. The molecule has 4 nitrogen and oxygen atoms in total. The van der Waals surface area contributed by atoms with Crippen molar-refractivity contribution in [3.8, 4) is 0 Å². The van der Waals surface area contributed by atoms with Crippen LogP contribution >= 0.6 is 11.6 Å². The predicted octanol–water partition coefficient (Wildman–Crippen LogP) is 4.22. The molecule has 6 heteroatoms. The molecule has 0 bridgehead atoms. The highest BCUT2D eigenvalue weighted by molar-refractivity contribution is 7.94. The van der Waals surface area contributed by atoms with Gasteiger partial charge in [-0.2, -0.15) is 0 Å². The monoisotopic (exact) mass is 389 g/mol. The summed E-state index contributed by atoms with van der Waals surface area (Å²) >= 11 is 6.24. The quantitative estimate of drug-likeness (QED) is 0.789. The van der Waals surface area contributed by atoms with Gasteiger partial charge in [0, 0.05) is 21.7 Å². The molecule has 0 saturated heterocycles. The molecule has 0 radical (unpaired) electrons. The molecule has 1 amide bonds. The molecule has 2 aromatic carbocycles. The van der Waals surface area contributed by atoms with Gasteiger partial charge in [0.1, 0.15) is 0 Å². The number of hydrogen-bond acceptors (Lipinski definition) is 3. The molecule has 0 fully saturated rings. The SMILES string of the molecule is Cc1ccc(C(=O)N(c2ccc(C)c(Cl)c2)[C@H]2C=CS(=O)(=O)C2)cc1C. The van der Waals surface area contributed by atoms with E-state index in [-0.39, 0.29) is 11.7 Å². The maximum absolute atomic E-state index is 13.3. The molecular formula is C20H20ClNO3S. The maximum Gasteiger partial charge on any atom is 0.258 e. The summed E-state index contributed by atoms with van der Waals surface area (Å²) in [4.78, 5) is 14.8. The Hall–Kier alpha value is -2.11. The van der Waals surface area contributed by atoms with Crippen molar-refractivity contribution in [2.24, 2.45) is 0 Å². The van der Waals surface area contributed by atoms with Gasteiger partial charge in [0.05, 0.1) is 11.8 Å². The highest BCUT2D eigenvalue weighted by Crippen LogP contribution is 2.29. The number of benzene rings is 2. The Bertz CT molecular complexity index is 1010. The molecule has 1 aliphatic rings. The van der Waals surface area contributed by atoms with Gasteiger partial charge in [0.2, 0.25) is 0 Å². The zero-order valence-electron chi connectivity index (χ0n) is 14.9. The van der Waals surface area contributed by atoms with Crippen LogP contribution in [0.1, 0.15) is 27.0 Å². The number of rotatable bonds is 3. The van der Waals surface area contributed by atoms with Crippen molar-refractivity contribution >= 4 is 33.0 Å². The minimum Gasteiger partial charge on any atom is -0.300 e. The topological polar surface area (TPSA) is 54.5 Å². The number of carbonyl (C=O) groups is 1. The van der Waals surface area contributed by atoms with E-state index in [1.54, 1.807) is 24.3 Å². The van der Waals surface area contributed by atoms with E-state index in [1.807, 2.05) is 39.0 Å². The summed E-state index contributed by atoms with van der Waals surface area (Å²) in [6.07, 6.45) is 1.56. The molecule has 1 heterocycles. The lowest BCUT2D eigenvalue weighted by Crippen LogP contribution is -2.41. The Morgan fingerprint density at radius 3 is 2.31 bits per heavy atom. The van der Waals surface area contributed by atoms with Crippen LogP contribution in [-0.4, -0.2) is 26.1 Å². The Kier molecular flexibility index (Phi) is 4.95. The predicted molar refractivity (Wildman–Crippen MR) is 106 cm³/mol. The number of anilines is 1. The minimum absolute atomic E-state index is 0.130. The zero-order valence-corrected chi connectivity index (χ0v) is 16.4. The number of carbonyl (C=O) groups excluding carboxylic acids is 1. The smallest absolute Gasteiger partial charge is 0.258 e. The average Bonchev–Trinajstić information content (AvgIpc) is 2.93. The molecule has 136 valence electrons. The van der Waals surface area contributed by atoms with Crippen molar-refractivity contribution in [2.45, 2.75) is 26.8 Å². The summed E-state index contributed by atoms with van der Waals surface area (Å²) in [5.74, 6) is -0.380. The third kappa shape index (κ3) is 3.69. The Balaban J connectivity index is 2.07. The second-order valence-corrected chi connectivity index (χ2v) is 8.97. The fraction of sp³-hybridized carbons (Fsp3) is 0.250. The summed E-state index contributed by atoms with van der Waals surface area (Å²) < 4.78 is 23.8. The third-order valence-electron chi connectivity index (χ3n) is 4.65. The standard InChI is InChI=1S/C20H20ClNO3S/c1-13-4-6-16(10-15(13)3)20(23)22(18-8-9-26(24,25)12-18)17-7-5-14(2)19(21)11-17/h4-11,18H,12H2,1-3H3/t18-/m0/s1. The molecule has 2 aromatic rings. The normalized spacial score (nSPS) is 18.1. The number of amides is 1. The molecule has 26 heavy (non-hydrogen) atoms. The zero-order chi connectivity index (χ0) is 19.1. The first-order valence-electron chi connectivity index (χ1n) is 8.26. The van der Waals surface area contributed by atoms with Crippen LogP contribution in [0.15, 0.2) is 47.9 Å². The molecule has 1 atom stereocenters. The summed E-state index contributed by atoms with van der Waals surface area (Å²) in [7, 11) is -3.30. The molecule has 0 spiro atoms. The number of aryl methyl sites for hydroxylation is 3. The van der Waals surface area contributed by atoms with Gasteiger partial charge in [-0.05, 0) is 67.8 Å². The Labute approximate surface area is 159 Å². The molecular weight excluding hydrogens is 370 g/mol. The largest absolute Gasteiger partial charge is 0.300 e. The first kappa shape index (κ1) is 18.7. The van der Waals surface area contributed by atoms with Crippen molar-refractivity contribution in [1.82, 2.24) is 0 Å². The highest BCUT2D eigenvalue weighted by Gasteiger charge is 2.32. The van der Waals surface area contributed by atoms with Crippen LogP contribution in [0.4, 0.5) is 5.69 Å². The van der Waals surface area contributed by atoms with E-state index in [2.05, 4.69) is 0 Å². The molecule has 3 rings (SSSR count). The summed E-state index contributed by atoms with van der Waals surface area (Å²) in [6.45, 7) is 5.80. The van der Waals surface area contributed by atoms with Gasteiger partial charge < -0.3 is 4.90 Å². The molecule has 0 unspecified atom stereocenters. The fourth-order valence-electron chi connectivity index (χ4n) is 2.92. The third-order valence-corrected chi connectivity index (χ3v) is 6.43. The van der Waals surface area contributed by atoms with Gasteiger partial charge in [0.15, 0.2) is 9.84 Å². The molecule has 0 saturated carbocycles. The maximum atomic E-state index is 13.3. The van der Waals surface area contributed by atoms with Gasteiger partial charge in [0.25, 0.3) is 5.91 Å². The molecule has 0 aliphatic carbocycles. The van der Waals surface area contributed by atoms with E-state index >= 15 is 0 Å². The number of halogens is 1. The average molecular weight is 390 g/mol. The van der Waals surface area contributed by atoms with Crippen molar-refractivity contribution in [3.05, 3.63) is 75.2 Å². The van der Waals surface area contributed by atoms with Crippen molar-refractivity contribution in [2.75, 3.05) is 10.7 Å². The van der Waals surface area contributed by atoms with Gasteiger partial charge in [-0.25, -0.2) is 8.42 Å². The van der Waals surface area contributed by atoms with Crippen LogP contribution in [0.3, 0.4) is 0 Å². The first-order valence-corrected chi connectivity index (χ1v) is 10.4. The van der Waals surface area contributed by atoms with Crippen molar-refractivity contribution < 1.29 is 13.2 Å². The second kappa shape index (κ2) is 6.89. The van der Waals surface area contributed by atoms with Crippen LogP contribution in [0, 0.1) is 20.8 Å². The Morgan fingerprint density at radius 1 is 1.04 bits per heavy atom. The van der Waals surface area contributed by atoms with Gasteiger partial charge >= 0.3 is 0 Å². The summed E-state index contributed by atoms with van der Waals surface area (Å²) in [6, 6.07) is 10.2. The van der Waals surface area contributed by atoms with E-state index in [1.165, 1.54) is 10.3 Å². The second-order valence-electron chi connectivity index (χ2n) is 6.63. The lowest BCUT2D eigenvalue weighted by Gasteiger charge is -2.28. The van der Waals surface area contributed by atoms with Crippen LogP contribution in [0.25, 0.3) is 0 Å². The van der Waals surface area contributed by atoms with E-state index in [9.17, 15) is 13.2 Å². The van der Waals surface area contributed by atoms with Crippen molar-refractivity contribution in [1.29, 1.82) is 0 Å². The minimum atomic E-state index is -3.30. The molecule has 0 N–H and O–H groups in total. The van der Waals surface area contributed by atoms with E-state index in [0.29, 0.717) is 16.3 Å². The highest BCUT2D eigenvalue weighted by atomic mass is 35.5. The summed E-state index contributed by atoms with van der Waals surface area (Å²) in [5.41, 5.74) is 4.09. The van der Waals surface area contributed by atoms with E-state index in [4.69, 9.17) is 11.6 Å². The van der Waals surface area contributed by atoms with Gasteiger partial charge in [-0.3, -0.25) is 4.79 Å². The first-order chi connectivity index (χ1) is 12.2. The number of hydrogen-bond donors (Lipinski definition) is 0.